The maximum absolute atomic E-state index is 10.8. The third kappa shape index (κ3) is 6.92. The molecule has 0 amide bonds. The Morgan fingerprint density at radius 3 is 1.90 bits per heavy atom. The van der Waals surface area contributed by atoms with Gasteiger partial charge in [-0.3, -0.25) is 29.3 Å². The van der Waals surface area contributed by atoms with Crippen molar-refractivity contribution < 1.29 is 43.0 Å². The molecule has 0 saturated heterocycles. The number of aldehydes is 2. The van der Waals surface area contributed by atoms with Gasteiger partial charge in [0.2, 0.25) is 5.75 Å². The number of carbonyl (C=O) groups is 4. The number of hydrogen-bond donors (Lipinski definition) is 0. The van der Waals surface area contributed by atoms with Crippen LogP contribution < -0.4 is 18.9 Å². The highest BCUT2D eigenvalue weighted by Crippen LogP contribution is 2.39. The van der Waals surface area contributed by atoms with Gasteiger partial charge >= 0.3 is 17.6 Å². The van der Waals surface area contributed by atoms with Gasteiger partial charge < -0.3 is 18.9 Å². The van der Waals surface area contributed by atoms with E-state index in [0.717, 1.165) is 6.92 Å². The lowest BCUT2D eigenvalue weighted by molar-refractivity contribution is -0.386. The Morgan fingerprint density at radius 2 is 1.45 bits per heavy atom. The third-order valence-electron chi connectivity index (χ3n) is 3.47. The summed E-state index contributed by atoms with van der Waals surface area (Å²) < 4.78 is 19.4. The van der Waals surface area contributed by atoms with Crippen LogP contribution in [0.2, 0.25) is 0 Å². The zero-order chi connectivity index (χ0) is 23.6. The van der Waals surface area contributed by atoms with Crippen LogP contribution in [-0.2, 0) is 9.59 Å². The van der Waals surface area contributed by atoms with E-state index in [1.807, 2.05) is 0 Å². The van der Waals surface area contributed by atoms with Gasteiger partial charge in [-0.1, -0.05) is 0 Å². The predicted molar refractivity (Wildman–Crippen MR) is 106 cm³/mol. The smallest absolute Gasteiger partial charge is 0.325 e. The fraction of sp³-hybridized carbons (Fsp3) is 0.200. The van der Waals surface area contributed by atoms with Gasteiger partial charge in [0.25, 0.3) is 0 Å². The molecule has 2 aromatic rings. The number of esters is 2. The van der Waals surface area contributed by atoms with Crippen molar-refractivity contribution in [3.05, 3.63) is 51.6 Å². The molecule has 0 unspecified atom stereocenters. The van der Waals surface area contributed by atoms with Crippen LogP contribution in [0.25, 0.3) is 0 Å². The molecule has 0 spiro atoms. The number of nitro benzene ring substituents is 1. The molecule has 11 heteroatoms. The first-order valence-corrected chi connectivity index (χ1v) is 8.49. The SMILES string of the molecule is COc1c(OC(C)=O)ccc(C=O)c1[N+](=O)[O-].COc1cc(C=O)ccc1OC(C)=O. The molecule has 0 aliphatic rings. The van der Waals surface area contributed by atoms with Crippen molar-refractivity contribution in [3.8, 4) is 23.0 Å². The first-order valence-electron chi connectivity index (χ1n) is 8.49. The molecule has 0 radical (unpaired) electrons. The van der Waals surface area contributed by atoms with Crippen molar-refractivity contribution in [1.29, 1.82) is 0 Å². The lowest BCUT2D eigenvalue weighted by Gasteiger charge is -2.08. The van der Waals surface area contributed by atoms with Gasteiger partial charge in [0.15, 0.2) is 23.5 Å². The average Bonchev–Trinajstić information content (AvgIpc) is 2.73. The summed E-state index contributed by atoms with van der Waals surface area (Å²) in [5.74, 6) is -0.749. The highest BCUT2D eigenvalue weighted by atomic mass is 16.6. The molecule has 0 bridgehead atoms. The van der Waals surface area contributed by atoms with Crippen molar-refractivity contribution >= 4 is 30.2 Å². The molecular formula is C20H19NO10. The lowest BCUT2D eigenvalue weighted by atomic mass is 10.1. The van der Waals surface area contributed by atoms with Crippen LogP contribution >= 0.6 is 0 Å². The molecule has 0 aliphatic heterocycles. The van der Waals surface area contributed by atoms with Crippen LogP contribution in [0.5, 0.6) is 23.0 Å². The monoisotopic (exact) mass is 433 g/mol. The minimum absolute atomic E-state index is 0.0997. The summed E-state index contributed by atoms with van der Waals surface area (Å²) in [6.07, 6.45) is 1.03. The highest BCUT2D eigenvalue weighted by molar-refractivity contribution is 5.86. The van der Waals surface area contributed by atoms with Crippen molar-refractivity contribution in [2.75, 3.05) is 14.2 Å². The van der Waals surface area contributed by atoms with E-state index in [9.17, 15) is 29.3 Å². The zero-order valence-corrected chi connectivity index (χ0v) is 17.1. The summed E-state index contributed by atoms with van der Waals surface area (Å²) in [5, 5.41) is 10.8. The largest absolute Gasteiger partial charge is 0.493 e. The van der Waals surface area contributed by atoms with Gasteiger partial charge in [-0.05, 0) is 30.3 Å². The van der Waals surface area contributed by atoms with Gasteiger partial charge in [0, 0.05) is 19.4 Å². The van der Waals surface area contributed by atoms with Gasteiger partial charge in [0.05, 0.1) is 24.7 Å². The Kier molecular flexibility index (Phi) is 9.31. The molecule has 0 saturated carbocycles. The molecule has 2 rings (SSSR count). The van der Waals surface area contributed by atoms with Crippen LogP contribution in [0, 0.1) is 10.1 Å². The molecule has 0 heterocycles. The topological polar surface area (TPSA) is 148 Å². The van der Waals surface area contributed by atoms with Crippen molar-refractivity contribution in [3.63, 3.8) is 0 Å². The van der Waals surface area contributed by atoms with E-state index in [-0.39, 0.29) is 17.1 Å². The number of rotatable bonds is 7. The van der Waals surface area contributed by atoms with E-state index in [4.69, 9.17) is 18.9 Å². The van der Waals surface area contributed by atoms with Crippen LogP contribution in [0.1, 0.15) is 34.6 Å². The molecule has 2 aromatic carbocycles. The van der Waals surface area contributed by atoms with Crippen LogP contribution in [0.15, 0.2) is 30.3 Å². The van der Waals surface area contributed by atoms with Gasteiger partial charge in [-0.2, -0.15) is 0 Å². The first kappa shape index (κ1) is 24.8. The fourth-order valence-corrected chi connectivity index (χ4v) is 2.28. The van der Waals surface area contributed by atoms with Gasteiger partial charge in [-0.25, -0.2) is 0 Å². The van der Waals surface area contributed by atoms with E-state index in [0.29, 0.717) is 29.6 Å². The van der Waals surface area contributed by atoms with E-state index >= 15 is 0 Å². The lowest BCUT2D eigenvalue weighted by Crippen LogP contribution is -2.06. The van der Waals surface area contributed by atoms with Crippen LogP contribution in [0.4, 0.5) is 5.69 Å². The third-order valence-corrected chi connectivity index (χ3v) is 3.47. The van der Waals surface area contributed by atoms with Gasteiger partial charge in [0.1, 0.15) is 6.29 Å². The Hall–Kier alpha value is -4.28. The normalized spacial score (nSPS) is 9.42. The zero-order valence-electron chi connectivity index (χ0n) is 17.1. The number of nitro groups is 1. The second kappa shape index (κ2) is 11.7. The fourth-order valence-electron chi connectivity index (χ4n) is 2.28. The Labute approximate surface area is 176 Å². The summed E-state index contributed by atoms with van der Waals surface area (Å²) in [7, 11) is 2.63. The van der Waals surface area contributed by atoms with Crippen molar-refractivity contribution in [1.82, 2.24) is 0 Å². The van der Waals surface area contributed by atoms with Crippen LogP contribution in [-0.4, -0.2) is 43.7 Å². The highest BCUT2D eigenvalue weighted by Gasteiger charge is 2.25. The van der Waals surface area contributed by atoms with Gasteiger partial charge in [-0.15, -0.1) is 0 Å². The minimum atomic E-state index is -0.768. The second-order valence-corrected chi connectivity index (χ2v) is 5.63. The quantitative estimate of drug-likeness (QED) is 0.210. The number of hydrogen-bond acceptors (Lipinski definition) is 10. The summed E-state index contributed by atoms with van der Waals surface area (Å²) in [6.45, 7) is 2.45. The standard InChI is InChI=1S/C10H9NO6.C10H10O4/c1-6(13)17-8-4-3-7(5-12)9(11(14)15)10(8)16-2;1-7(12)14-9-4-3-8(6-11)5-10(9)13-2/h3-5H,1-2H3;3-6H,1-2H3. The van der Waals surface area contributed by atoms with Crippen LogP contribution in [0.3, 0.4) is 0 Å². The molecule has 31 heavy (non-hydrogen) atoms. The summed E-state index contributed by atoms with van der Waals surface area (Å²) >= 11 is 0. The molecule has 0 aromatic heterocycles. The Morgan fingerprint density at radius 1 is 0.871 bits per heavy atom. The maximum atomic E-state index is 10.8. The molecule has 0 N–H and O–H groups in total. The van der Waals surface area contributed by atoms with E-state index in [1.165, 1.54) is 45.4 Å². The van der Waals surface area contributed by atoms with Crippen molar-refractivity contribution in [2.45, 2.75) is 13.8 Å². The molecule has 0 fully saturated rings. The van der Waals surface area contributed by atoms with Crippen molar-refractivity contribution in [2.24, 2.45) is 0 Å². The molecule has 0 aliphatic carbocycles. The summed E-state index contributed by atoms with van der Waals surface area (Å²) in [4.78, 5) is 52.7. The Bertz CT molecular complexity index is 1000. The number of methoxy groups -OCH3 is 2. The van der Waals surface area contributed by atoms with E-state index in [1.54, 1.807) is 6.07 Å². The number of benzene rings is 2. The molecular weight excluding hydrogens is 414 g/mol. The second-order valence-electron chi connectivity index (χ2n) is 5.63. The molecule has 0 atom stereocenters. The first-order chi connectivity index (χ1) is 14.7. The Balaban J connectivity index is 0.000000316. The molecule has 164 valence electrons. The predicted octanol–water partition coefficient (Wildman–Crippen LogP) is 2.77. The number of nitrogens with zero attached hydrogens (tertiary/aromatic N) is 1. The van der Waals surface area contributed by atoms with E-state index in [2.05, 4.69) is 0 Å². The minimum Gasteiger partial charge on any atom is -0.493 e. The maximum Gasteiger partial charge on any atom is 0.325 e. The summed E-state index contributed by atoms with van der Waals surface area (Å²) in [5.41, 5.74) is -0.207. The number of ether oxygens (including phenoxy) is 4. The summed E-state index contributed by atoms with van der Waals surface area (Å²) in [6, 6.07) is 7.02. The number of carbonyl (C=O) groups excluding carboxylic acids is 4. The van der Waals surface area contributed by atoms with E-state index < -0.39 is 22.5 Å². The molecule has 11 nitrogen and oxygen atoms in total. The average molecular weight is 433 g/mol.